The zero-order valence-corrected chi connectivity index (χ0v) is 17.1. The molecule has 28 heavy (non-hydrogen) atoms. The molecule has 0 unspecified atom stereocenters. The molecule has 1 saturated carbocycles. The molecule has 1 N–H and O–H groups in total. The van der Waals surface area contributed by atoms with Crippen molar-refractivity contribution < 1.29 is 4.79 Å². The lowest BCUT2D eigenvalue weighted by molar-refractivity contribution is -0.117. The zero-order valence-electron chi connectivity index (χ0n) is 16.3. The van der Waals surface area contributed by atoms with E-state index in [4.69, 9.17) is 11.6 Å². The molecule has 1 aliphatic carbocycles. The van der Waals surface area contributed by atoms with E-state index in [1.807, 2.05) is 42.8 Å². The van der Waals surface area contributed by atoms with Gasteiger partial charge >= 0.3 is 0 Å². The molecule has 1 amide bonds. The van der Waals surface area contributed by atoms with Crippen LogP contribution in [0.3, 0.4) is 0 Å². The van der Waals surface area contributed by atoms with Crippen LogP contribution in [0, 0.1) is 25.2 Å². The molecule has 5 nitrogen and oxygen atoms in total. The number of hydrogen-bond acceptors (Lipinski definition) is 3. The van der Waals surface area contributed by atoms with E-state index in [-0.39, 0.29) is 17.5 Å². The van der Waals surface area contributed by atoms with Crippen LogP contribution in [0.2, 0.25) is 5.02 Å². The number of benzene rings is 1. The third-order valence-electron chi connectivity index (χ3n) is 5.31. The van der Waals surface area contributed by atoms with E-state index in [9.17, 15) is 10.1 Å². The minimum atomic E-state index is -0.299. The van der Waals surface area contributed by atoms with Crippen LogP contribution in [0.5, 0.6) is 0 Å². The number of amides is 1. The van der Waals surface area contributed by atoms with E-state index in [0.717, 1.165) is 48.2 Å². The largest absolute Gasteiger partial charge is 0.349 e. The quantitative estimate of drug-likeness (QED) is 0.595. The molecule has 1 aliphatic rings. The summed E-state index contributed by atoms with van der Waals surface area (Å²) in [5.74, 6) is -0.299. The standard InChI is InChI=1S/C22H25ClN4O/c1-15-20(12-18(13-24)22(28)25-19-9-4-3-5-10-19)16(2)27(26-15)14-17-8-6-7-11-21(17)23/h6-8,11-12,19H,3-5,9-10,14H2,1-2H3,(H,25,28)/b18-12+. The second kappa shape index (κ2) is 9.07. The Hall–Kier alpha value is -2.58. The monoisotopic (exact) mass is 396 g/mol. The van der Waals surface area contributed by atoms with E-state index in [2.05, 4.69) is 16.5 Å². The van der Waals surface area contributed by atoms with Crippen molar-refractivity contribution in [3.63, 3.8) is 0 Å². The maximum Gasteiger partial charge on any atom is 0.262 e. The predicted molar refractivity (Wildman–Crippen MR) is 111 cm³/mol. The normalized spacial score (nSPS) is 15.3. The zero-order chi connectivity index (χ0) is 20.1. The molecule has 0 saturated heterocycles. The minimum Gasteiger partial charge on any atom is -0.349 e. The Bertz CT molecular complexity index is 932. The van der Waals surface area contributed by atoms with Crippen molar-refractivity contribution in [1.29, 1.82) is 5.26 Å². The second-order valence-corrected chi connectivity index (χ2v) is 7.72. The summed E-state index contributed by atoms with van der Waals surface area (Å²) >= 11 is 6.26. The van der Waals surface area contributed by atoms with E-state index in [0.29, 0.717) is 11.6 Å². The summed E-state index contributed by atoms with van der Waals surface area (Å²) in [7, 11) is 0. The number of nitriles is 1. The average Bonchev–Trinajstić information content (AvgIpc) is 2.95. The van der Waals surface area contributed by atoms with Crippen molar-refractivity contribution >= 4 is 23.6 Å². The molecule has 2 aromatic rings. The van der Waals surface area contributed by atoms with Gasteiger partial charge in [-0.2, -0.15) is 10.4 Å². The van der Waals surface area contributed by atoms with E-state index in [1.165, 1.54) is 6.42 Å². The number of nitrogens with one attached hydrogen (secondary N) is 1. The molecule has 146 valence electrons. The molecular formula is C22H25ClN4O. The molecule has 1 heterocycles. The number of aryl methyl sites for hydroxylation is 1. The van der Waals surface area contributed by atoms with Crippen LogP contribution in [-0.4, -0.2) is 21.7 Å². The molecule has 0 aliphatic heterocycles. The van der Waals surface area contributed by atoms with Crippen LogP contribution in [0.25, 0.3) is 6.08 Å². The molecule has 0 radical (unpaired) electrons. The van der Waals surface area contributed by atoms with Crippen molar-refractivity contribution in [3.05, 3.63) is 57.4 Å². The third-order valence-corrected chi connectivity index (χ3v) is 5.68. The van der Waals surface area contributed by atoms with E-state index < -0.39 is 0 Å². The summed E-state index contributed by atoms with van der Waals surface area (Å²) in [6.45, 7) is 4.36. The fourth-order valence-electron chi connectivity index (χ4n) is 3.66. The van der Waals surface area contributed by atoms with Gasteiger partial charge in [-0.1, -0.05) is 49.1 Å². The first kappa shape index (κ1) is 20.2. The Morgan fingerprint density at radius 2 is 2.04 bits per heavy atom. The Balaban J connectivity index is 1.81. The Kier molecular flexibility index (Phi) is 6.53. The maximum absolute atomic E-state index is 12.6. The second-order valence-electron chi connectivity index (χ2n) is 7.31. The third kappa shape index (κ3) is 4.63. The minimum absolute atomic E-state index is 0.120. The van der Waals surface area contributed by atoms with Gasteiger partial charge in [-0.3, -0.25) is 9.48 Å². The van der Waals surface area contributed by atoms with Gasteiger partial charge in [0, 0.05) is 22.3 Å². The van der Waals surface area contributed by atoms with E-state index >= 15 is 0 Å². The Morgan fingerprint density at radius 1 is 1.32 bits per heavy atom. The molecule has 1 fully saturated rings. The number of carbonyl (C=O) groups excluding carboxylic acids is 1. The van der Waals surface area contributed by atoms with Gasteiger partial charge in [0.15, 0.2) is 0 Å². The summed E-state index contributed by atoms with van der Waals surface area (Å²) in [6.07, 6.45) is 7.10. The van der Waals surface area contributed by atoms with Gasteiger partial charge in [0.1, 0.15) is 11.6 Å². The molecule has 3 rings (SSSR count). The topological polar surface area (TPSA) is 70.7 Å². The maximum atomic E-state index is 12.6. The Morgan fingerprint density at radius 3 is 2.71 bits per heavy atom. The number of carbonyl (C=O) groups is 1. The average molecular weight is 397 g/mol. The molecule has 1 aromatic heterocycles. The van der Waals surface area contributed by atoms with Crippen LogP contribution < -0.4 is 5.32 Å². The SMILES string of the molecule is Cc1nn(Cc2ccccc2Cl)c(C)c1/C=C(\C#N)C(=O)NC1CCCCC1. The number of nitrogens with zero attached hydrogens (tertiary/aromatic N) is 3. The highest BCUT2D eigenvalue weighted by atomic mass is 35.5. The van der Waals surface area contributed by atoms with Crippen molar-refractivity contribution in [2.24, 2.45) is 0 Å². The van der Waals surface area contributed by atoms with Crippen LogP contribution in [0.1, 0.15) is 54.6 Å². The van der Waals surface area contributed by atoms with Gasteiger partial charge in [-0.15, -0.1) is 0 Å². The lowest BCUT2D eigenvalue weighted by Crippen LogP contribution is -2.36. The van der Waals surface area contributed by atoms with Crippen LogP contribution in [-0.2, 0) is 11.3 Å². The van der Waals surface area contributed by atoms with Crippen LogP contribution in [0.4, 0.5) is 0 Å². The van der Waals surface area contributed by atoms with Crippen LogP contribution in [0.15, 0.2) is 29.8 Å². The summed E-state index contributed by atoms with van der Waals surface area (Å²) in [4.78, 5) is 12.6. The van der Waals surface area contributed by atoms with Gasteiger partial charge in [0.05, 0.1) is 12.2 Å². The van der Waals surface area contributed by atoms with Gasteiger partial charge < -0.3 is 5.32 Å². The summed E-state index contributed by atoms with van der Waals surface area (Å²) in [5.41, 5.74) is 3.58. The summed E-state index contributed by atoms with van der Waals surface area (Å²) < 4.78 is 1.86. The summed E-state index contributed by atoms with van der Waals surface area (Å²) in [6, 6.07) is 9.88. The predicted octanol–water partition coefficient (Wildman–Crippen LogP) is 4.56. The molecule has 0 atom stereocenters. The van der Waals surface area contributed by atoms with Gasteiger partial charge in [-0.05, 0) is 44.4 Å². The highest BCUT2D eigenvalue weighted by Gasteiger charge is 2.19. The molecular weight excluding hydrogens is 372 g/mol. The lowest BCUT2D eigenvalue weighted by atomic mass is 9.95. The van der Waals surface area contributed by atoms with Crippen LogP contribution >= 0.6 is 11.6 Å². The van der Waals surface area contributed by atoms with Crippen molar-refractivity contribution in [2.45, 2.75) is 58.5 Å². The molecule has 0 bridgehead atoms. The lowest BCUT2D eigenvalue weighted by Gasteiger charge is -2.22. The highest BCUT2D eigenvalue weighted by Crippen LogP contribution is 2.22. The van der Waals surface area contributed by atoms with Gasteiger partial charge in [0.2, 0.25) is 0 Å². The van der Waals surface area contributed by atoms with Gasteiger partial charge in [0.25, 0.3) is 5.91 Å². The fourth-order valence-corrected chi connectivity index (χ4v) is 3.86. The smallest absolute Gasteiger partial charge is 0.262 e. The number of rotatable bonds is 5. The molecule has 0 spiro atoms. The van der Waals surface area contributed by atoms with Gasteiger partial charge in [-0.25, -0.2) is 0 Å². The number of halogens is 1. The first-order chi connectivity index (χ1) is 13.5. The molecule has 6 heteroatoms. The van der Waals surface area contributed by atoms with Crippen molar-refractivity contribution in [3.8, 4) is 6.07 Å². The molecule has 1 aromatic carbocycles. The summed E-state index contributed by atoms with van der Waals surface area (Å²) in [5, 5.41) is 17.8. The Labute approximate surface area is 171 Å². The first-order valence-electron chi connectivity index (χ1n) is 9.69. The highest BCUT2D eigenvalue weighted by molar-refractivity contribution is 6.31. The fraction of sp³-hybridized carbons (Fsp3) is 0.409. The van der Waals surface area contributed by atoms with E-state index in [1.54, 1.807) is 6.08 Å². The number of aromatic nitrogens is 2. The first-order valence-corrected chi connectivity index (χ1v) is 10.1. The van der Waals surface area contributed by atoms with Crippen molar-refractivity contribution in [2.75, 3.05) is 0 Å². The number of hydrogen-bond donors (Lipinski definition) is 1. The van der Waals surface area contributed by atoms with Crippen molar-refractivity contribution in [1.82, 2.24) is 15.1 Å².